The number of imidazole rings is 1. The third kappa shape index (κ3) is 4.66. The van der Waals surface area contributed by atoms with Crippen molar-refractivity contribution in [2.24, 2.45) is 5.92 Å². The highest BCUT2D eigenvalue weighted by molar-refractivity contribution is 5.77. The Balaban J connectivity index is 1.10. The van der Waals surface area contributed by atoms with Gasteiger partial charge < -0.3 is 18.3 Å². The van der Waals surface area contributed by atoms with Crippen LogP contribution >= 0.6 is 0 Å². The smallest absolute Gasteiger partial charge is 0.339 e. The van der Waals surface area contributed by atoms with Gasteiger partial charge >= 0.3 is 5.63 Å². The molecule has 35 heavy (non-hydrogen) atoms. The van der Waals surface area contributed by atoms with Gasteiger partial charge in [-0.05, 0) is 74.7 Å². The zero-order valence-corrected chi connectivity index (χ0v) is 19.7. The predicted molar refractivity (Wildman–Crippen MR) is 137 cm³/mol. The van der Waals surface area contributed by atoms with E-state index >= 15 is 0 Å². The Hall–Kier alpha value is -3.64. The first-order chi connectivity index (χ1) is 17.2. The highest BCUT2D eigenvalue weighted by Crippen LogP contribution is 2.25. The van der Waals surface area contributed by atoms with E-state index in [2.05, 4.69) is 27.7 Å². The first kappa shape index (κ1) is 21.9. The van der Waals surface area contributed by atoms with Crippen molar-refractivity contribution < 1.29 is 8.83 Å². The second kappa shape index (κ2) is 9.55. The fraction of sp³-hybridized carbons (Fsp3) is 0.310. The second-order valence-corrected chi connectivity index (χ2v) is 9.52. The third-order valence-electron chi connectivity index (χ3n) is 7.22. The summed E-state index contributed by atoms with van der Waals surface area (Å²) in [4.78, 5) is 19.8. The van der Waals surface area contributed by atoms with Gasteiger partial charge in [0.1, 0.15) is 17.2 Å². The summed E-state index contributed by atoms with van der Waals surface area (Å²) in [6.45, 7) is 3.67. The monoisotopic (exact) mass is 467 g/mol. The normalized spacial score (nSPS) is 15.3. The molecule has 2 aromatic carbocycles. The summed E-state index contributed by atoms with van der Waals surface area (Å²) in [7, 11) is 0. The third-order valence-corrected chi connectivity index (χ3v) is 7.22. The molecule has 0 radical (unpaired) electrons. The van der Waals surface area contributed by atoms with E-state index in [0.717, 1.165) is 78.9 Å². The molecule has 5 aromatic rings. The Morgan fingerprint density at radius 2 is 1.80 bits per heavy atom. The van der Waals surface area contributed by atoms with E-state index in [1.807, 2.05) is 48.5 Å². The topological polar surface area (TPSA) is 64.4 Å². The van der Waals surface area contributed by atoms with Gasteiger partial charge in [-0.2, -0.15) is 0 Å². The maximum Gasteiger partial charge on any atom is 0.339 e. The summed E-state index contributed by atoms with van der Waals surface area (Å²) in [6.07, 6.45) is 5.69. The number of hydrogen-bond acceptors (Lipinski definition) is 5. The molecular formula is C29H29N3O3. The molecule has 1 aliphatic rings. The molecule has 6 rings (SSSR count). The number of furan rings is 1. The molecule has 0 unspecified atom stereocenters. The summed E-state index contributed by atoms with van der Waals surface area (Å²) in [5.74, 6) is 2.68. The number of rotatable bonds is 7. The molecule has 1 fully saturated rings. The van der Waals surface area contributed by atoms with Crippen LogP contribution in [-0.4, -0.2) is 34.1 Å². The molecule has 4 heterocycles. The SMILES string of the molecule is O=c1oc2ccccc2cc1CCN1CCC(Cc2nc3ccccc3n2Cc2ccco2)CC1. The van der Waals surface area contributed by atoms with E-state index < -0.39 is 0 Å². The highest BCUT2D eigenvalue weighted by Gasteiger charge is 2.22. The Bertz CT molecular complexity index is 1490. The molecule has 178 valence electrons. The Kier molecular flexibility index (Phi) is 5.96. The van der Waals surface area contributed by atoms with Crippen molar-refractivity contribution in [1.82, 2.24) is 14.5 Å². The molecule has 6 nitrogen and oxygen atoms in total. The van der Waals surface area contributed by atoms with Crippen LogP contribution in [0.15, 0.2) is 86.6 Å². The van der Waals surface area contributed by atoms with E-state index in [1.165, 1.54) is 0 Å². The van der Waals surface area contributed by atoms with Crippen LogP contribution in [0.25, 0.3) is 22.0 Å². The highest BCUT2D eigenvalue weighted by atomic mass is 16.4. The molecular weight excluding hydrogens is 438 g/mol. The average Bonchev–Trinajstić information content (AvgIpc) is 3.52. The molecule has 1 aliphatic heterocycles. The van der Waals surface area contributed by atoms with Crippen molar-refractivity contribution >= 4 is 22.0 Å². The van der Waals surface area contributed by atoms with Gasteiger partial charge in [-0.3, -0.25) is 0 Å². The summed E-state index contributed by atoms with van der Waals surface area (Å²) in [5.41, 5.74) is 3.40. The molecule has 3 aromatic heterocycles. The average molecular weight is 468 g/mol. The van der Waals surface area contributed by atoms with Crippen LogP contribution < -0.4 is 5.63 Å². The fourth-order valence-electron chi connectivity index (χ4n) is 5.25. The summed E-state index contributed by atoms with van der Waals surface area (Å²) in [6, 6.07) is 22.0. The second-order valence-electron chi connectivity index (χ2n) is 9.52. The number of fused-ring (bicyclic) bond motifs is 2. The molecule has 1 saturated heterocycles. The fourth-order valence-corrected chi connectivity index (χ4v) is 5.25. The van der Waals surface area contributed by atoms with Crippen molar-refractivity contribution in [3.05, 3.63) is 101 Å². The molecule has 0 amide bonds. The summed E-state index contributed by atoms with van der Waals surface area (Å²) in [5, 5.41) is 0.984. The molecule has 0 bridgehead atoms. The van der Waals surface area contributed by atoms with E-state index in [0.29, 0.717) is 18.0 Å². The molecule has 6 heteroatoms. The van der Waals surface area contributed by atoms with E-state index in [4.69, 9.17) is 13.8 Å². The van der Waals surface area contributed by atoms with Crippen LogP contribution in [0.2, 0.25) is 0 Å². The standard InChI is InChI=1S/C29H29N3O3/c33-29-23(19-22-6-1-4-10-27(22)35-29)13-16-31-14-11-21(12-15-31)18-28-30-25-8-2-3-9-26(25)32(28)20-24-7-5-17-34-24/h1-10,17,19,21H,11-16,18,20H2. The van der Waals surface area contributed by atoms with Gasteiger partial charge in [-0.15, -0.1) is 0 Å². The predicted octanol–water partition coefficient (Wildman–Crippen LogP) is 5.28. The largest absolute Gasteiger partial charge is 0.467 e. The van der Waals surface area contributed by atoms with Crippen LogP contribution in [0.5, 0.6) is 0 Å². The van der Waals surface area contributed by atoms with Crippen LogP contribution in [-0.2, 0) is 19.4 Å². The van der Waals surface area contributed by atoms with Crippen molar-refractivity contribution in [3.63, 3.8) is 0 Å². The first-order valence-electron chi connectivity index (χ1n) is 12.4. The maximum absolute atomic E-state index is 12.4. The molecule has 0 atom stereocenters. The molecule has 0 aliphatic carbocycles. The lowest BCUT2D eigenvalue weighted by Crippen LogP contribution is -2.36. The number of nitrogens with zero attached hydrogens (tertiary/aromatic N) is 3. The number of hydrogen-bond donors (Lipinski definition) is 0. The number of aromatic nitrogens is 2. The quantitative estimate of drug-likeness (QED) is 0.305. The summed E-state index contributed by atoms with van der Waals surface area (Å²) >= 11 is 0. The minimum absolute atomic E-state index is 0.214. The van der Waals surface area contributed by atoms with Crippen LogP contribution in [0.4, 0.5) is 0 Å². The van der Waals surface area contributed by atoms with Crippen LogP contribution in [0.3, 0.4) is 0 Å². The maximum atomic E-state index is 12.4. The Morgan fingerprint density at radius 3 is 2.66 bits per heavy atom. The molecule has 0 spiro atoms. The number of benzene rings is 2. The van der Waals surface area contributed by atoms with Crippen molar-refractivity contribution in [1.29, 1.82) is 0 Å². The lowest BCUT2D eigenvalue weighted by molar-refractivity contribution is 0.184. The van der Waals surface area contributed by atoms with Crippen molar-refractivity contribution in [2.75, 3.05) is 19.6 Å². The van der Waals surface area contributed by atoms with Crippen LogP contribution in [0, 0.1) is 5.92 Å². The zero-order chi connectivity index (χ0) is 23.6. The van der Waals surface area contributed by atoms with E-state index in [-0.39, 0.29) is 5.63 Å². The lowest BCUT2D eigenvalue weighted by Gasteiger charge is -2.31. The van der Waals surface area contributed by atoms with Gasteiger partial charge in [0.05, 0.1) is 23.8 Å². The Morgan fingerprint density at radius 1 is 0.971 bits per heavy atom. The van der Waals surface area contributed by atoms with Crippen LogP contribution in [0.1, 0.15) is 30.0 Å². The zero-order valence-electron chi connectivity index (χ0n) is 19.7. The molecule has 0 saturated carbocycles. The van der Waals surface area contributed by atoms with Gasteiger partial charge in [0.25, 0.3) is 0 Å². The summed E-state index contributed by atoms with van der Waals surface area (Å²) < 4.78 is 13.4. The lowest BCUT2D eigenvalue weighted by atomic mass is 9.93. The van der Waals surface area contributed by atoms with Gasteiger partial charge in [-0.1, -0.05) is 30.3 Å². The van der Waals surface area contributed by atoms with E-state index in [1.54, 1.807) is 6.26 Å². The number of piperidine rings is 1. The van der Waals surface area contributed by atoms with Crippen molar-refractivity contribution in [2.45, 2.75) is 32.2 Å². The molecule has 0 N–H and O–H groups in total. The minimum Gasteiger partial charge on any atom is -0.467 e. The Labute approximate surface area is 203 Å². The van der Waals surface area contributed by atoms with Gasteiger partial charge in [0.15, 0.2) is 0 Å². The van der Waals surface area contributed by atoms with Crippen molar-refractivity contribution in [3.8, 4) is 0 Å². The van der Waals surface area contributed by atoms with E-state index in [9.17, 15) is 4.79 Å². The van der Waals surface area contributed by atoms with Gasteiger partial charge in [-0.25, -0.2) is 9.78 Å². The van der Waals surface area contributed by atoms with Gasteiger partial charge in [0.2, 0.25) is 0 Å². The number of para-hydroxylation sites is 3. The first-order valence-corrected chi connectivity index (χ1v) is 12.4. The minimum atomic E-state index is -0.214. The number of likely N-dealkylation sites (tertiary alicyclic amines) is 1. The van der Waals surface area contributed by atoms with Gasteiger partial charge in [0, 0.05) is 23.9 Å².